The van der Waals surface area contributed by atoms with Gasteiger partial charge in [0.25, 0.3) is 5.82 Å². The van der Waals surface area contributed by atoms with Crippen molar-refractivity contribution in [3.05, 3.63) is 22.8 Å². The first-order valence-electron chi connectivity index (χ1n) is 3.91. The van der Waals surface area contributed by atoms with Gasteiger partial charge in [-0.2, -0.15) is 4.98 Å². The molecule has 2 aromatic heterocycles. The highest BCUT2D eigenvalue weighted by Crippen LogP contribution is 2.14. The van der Waals surface area contributed by atoms with Gasteiger partial charge >= 0.3 is 5.97 Å². The van der Waals surface area contributed by atoms with E-state index in [1.165, 1.54) is 11.3 Å². The number of nitrogens with two attached hydrogens (primary N) is 1. The van der Waals surface area contributed by atoms with Crippen LogP contribution in [0.4, 0.5) is 5.13 Å². The predicted octanol–water partition coefficient (Wildman–Crippen LogP) is 0.397. The molecule has 7 nitrogen and oxygen atoms in total. The minimum Gasteiger partial charge on any atom is -0.475 e. The Morgan fingerprint density at radius 1 is 1.60 bits per heavy atom. The summed E-state index contributed by atoms with van der Waals surface area (Å²) in [6.45, 7) is 0. The molecule has 0 aliphatic carbocycles. The Bertz CT molecular complexity index is 492. The number of hydrogen-bond acceptors (Lipinski definition) is 7. The summed E-state index contributed by atoms with van der Waals surface area (Å²) in [6.07, 6.45) is 0.286. The fraction of sp³-hybridized carbons (Fsp3) is 0.143. The molecule has 0 atom stereocenters. The first-order valence-corrected chi connectivity index (χ1v) is 4.79. The summed E-state index contributed by atoms with van der Waals surface area (Å²) in [5.41, 5.74) is 6.11. The van der Waals surface area contributed by atoms with Crippen molar-refractivity contribution in [2.45, 2.75) is 6.42 Å². The second-order valence-electron chi connectivity index (χ2n) is 2.67. The standard InChI is InChI=1S/C7H6N4O3S/c8-7-9-3(2-15-7)1-4-10-5(6(12)13)11-14-4/h2H,1H2,(H2,8,9)(H,12,13). The lowest BCUT2D eigenvalue weighted by Crippen LogP contribution is -1.99. The highest BCUT2D eigenvalue weighted by Gasteiger charge is 2.13. The fourth-order valence-corrected chi connectivity index (χ4v) is 1.54. The SMILES string of the molecule is Nc1nc(Cc2nc(C(=O)O)no2)cs1. The van der Waals surface area contributed by atoms with Crippen LogP contribution in [0.2, 0.25) is 0 Å². The third-order valence-corrected chi connectivity index (χ3v) is 2.28. The molecular formula is C7H6N4O3S. The van der Waals surface area contributed by atoms with E-state index in [2.05, 4.69) is 15.1 Å². The molecule has 78 valence electrons. The number of nitrogen functional groups attached to an aromatic ring is 1. The number of hydrogen-bond donors (Lipinski definition) is 2. The van der Waals surface area contributed by atoms with Gasteiger partial charge in [0.05, 0.1) is 12.1 Å². The van der Waals surface area contributed by atoms with Gasteiger partial charge in [-0.05, 0) is 5.16 Å². The van der Waals surface area contributed by atoms with E-state index in [1.807, 2.05) is 0 Å². The van der Waals surface area contributed by atoms with E-state index in [9.17, 15) is 4.79 Å². The first-order chi connectivity index (χ1) is 7.15. The van der Waals surface area contributed by atoms with Crippen molar-refractivity contribution in [1.29, 1.82) is 0 Å². The normalized spacial score (nSPS) is 10.4. The van der Waals surface area contributed by atoms with Crippen LogP contribution >= 0.6 is 11.3 Å². The van der Waals surface area contributed by atoms with Gasteiger partial charge in [0.15, 0.2) is 5.13 Å². The van der Waals surface area contributed by atoms with Crippen molar-refractivity contribution < 1.29 is 14.4 Å². The summed E-state index contributed by atoms with van der Waals surface area (Å²) >= 11 is 1.30. The maximum absolute atomic E-state index is 10.5. The summed E-state index contributed by atoms with van der Waals surface area (Å²) in [5, 5.41) is 14.0. The van der Waals surface area contributed by atoms with Gasteiger partial charge in [-0.15, -0.1) is 11.3 Å². The number of thiazole rings is 1. The van der Waals surface area contributed by atoms with Crippen molar-refractivity contribution >= 4 is 22.4 Å². The Kier molecular flexibility index (Phi) is 2.34. The maximum Gasteiger partial charge on any atom is 0.377 e. The van der Waals surface area contributed by atoms with Crippen LogP contribution < -0.4 is 5.73 Å². The van der Waals surface area contributed by atoms with Crippen LogP contribution in [-0.2, 0) is 6.42 Å². The summed E-state index contributed by atoms with van der Waals surface area (Å²) in [5.74, 6) is -1.37. The lowest BCUT2D eigenvalue weighted by molar-refractivity contribution is 0.0680. The molecule has 3 N–H and O–H groups in total. The Labute approximate surface area is 87.6 Å². The second-order valence-corrected chi connectivity index (χ2v) is 3.56. The molecule has 8 heteroatoms. The molecule has 0 aliphatic rings. The average Bonchev–Trinajstić information content (AvgIpc) is 2.76. The van der Waals surface area contributed by atoms with Crippen molar-refractivity contribution in [2.75, 3.05) is 5.73 Å². The van der Waals surface area contributed by atoms with Crippen LogP contribution in [0.25, 0.3) is 0 Å². The summed E-state index contributed by atoms with van der Waals surface area (Å²) in [7, 11) is 0. The third-order valence-electron chi connectivity index (χ3n) is 1.56. The molecule has 0 bridgehead atoms. The molecular weight excluding hydrogens is 220 g/mol. The molecule has 0 saturated carbocycles. The summed E-state index contributed by atoms with van der Waals surface area (Å²) in [4.78, 5) is 18.1. The number of carbonyl (C=O) groups is 1. The molecule has 0 aliphatic heterocycles. The smallest absolute Gasteiger partial charge is 0.377 e. The lowest BCUT2D eigenvalue weighted by Gasteiger charge is -1.86. The summed E-state index contributed by atoms with van der Waals surface area (Å²) < 4.78 is 4.72. The fourth-order valence-electron chi connectivity index (χ4n) is 0.972. The molecule has 0 unspecified atom stereocenters. The van der Waals surface area contributed by atoms with Crippen molar-refractivity contribution in [3.8, 4) is 0 Å². The van der Waals surface area contributed by atoms with E-state index in [0.29, 0.717) is 10.8 Å². The van der Waals surface area contributed by atoms with Gasteiger partial charge < -0.3 is 15.4 Å². The third kappa shape index (κ3) is 2.10. The number of carboxylic acids is 1. The Morgan fingerprint density at radius 2 is 2.40 bits per heavy atom. The highest BCUT2D eigenvalue weighted by atomic mass is 32.1. The molecule has 0 aromatic carbocycles. The number of aromatic carboxylic acids is 1. The van der Waals surface area contributed by atoms with E-state index in [1.54, 1.807) is 5.38 Å². The molecule has 2 heterocycles. The number of nitrogens with zero attached hydrogens (tertiary/aromatic N) is 3. The maximum atomic E-state index is 10.5. The van der Waals surface area contributed by atoms with E-state index in [-0.39, 0.29) is 18.1 Å². The van der Waals surface area contributed by atoms with Gasteiger partial charge in [0.2, 0.25) is 5.89 Å². The molecule has 2 rings (SSSR count). The van der Waals surface area contributed by atoms with Crippen LogP contribution in [-0.4, -0.2) is 26.2 Å². The average molecular weight is 226 g/mol. The molecule has 0 amide bonds. The predicted molar refractivity (Wildman–Crippen MR) is 50.6 cm³/mol. The van der Waals surface area contributed by atoms with Gasteiger partial charge in [-0.25, -0.2) is 9.78 Å². The van der Waals surface area contributed by atoms with Crippen molar-refractivity contribution in [2.24, 2.45) is 0 Å². The molecule has 15 heavy (non-hydrogen) atoms. The van der Waals surface area contributed by atoms with Crippen LogP contribution in [0.3, 0.4) is 0 Å². The zero-order valence-corrected chi connectivity index (χ0v) is 8.19. The zero-order valence-electron chi connectivity index (χ0n) is 7.38. The van der Waals surface area contributed by atoms with E-state index in [4.69, 9.17) is 15.4 Å². The quantitative estimate of drug-likeness (QED) is 0.777. The number of aromatic nitrogens is 3. The van der Waals surface area contributed by atoms with E-state index >= 15 is 0 Å². The topological polar surface area (TPSA) is 115 Å². The minimum atomic E-state index is -1.22. The zero-order chi connectivity index (χ0) is 10.8. The summed E-state index contributed by atoms with van der Waals surface area (Å²) in [6, 6.07) is 0. The van der Waals surface area contributed by atoms with E-state index < -0.39 is 5.97 Å². The van der Waals surface area contributed by atoms with Gasteiger partial charge in [0, 0.05) is 5.38 Å². The number of carboxylic acid groups (broad SMARTS) is 1. The molecule has 0 saturated heterocycles. The largest absolute Gasteiger partial charge is 0.475 e. The first kappa shape index (κ1) is 9.59. The monoisotopic (exact) mass is 226 g/mol. The Hall–Kier alpha value is -1.96. The molecule has 0 fully saturated rings. The molecule has 0 radical (unpaired) electrons. The lowest BCUT2D eigenvalue weighted by atomic mass is 10.3. The van der Waals surface area contributed by atoms with Crippen LogP contribution in [0.1, 0.15) is 22.2 Å². The van der Waals surface area contributed by atoms with Crippen LogP contribution in [0.15, 0.2) is 9.90 Å². The van der Waals surface area contributed by atoms with Crippen molar-refractivity contribution in [3.63, 3.8) is 0 Å². The Balaban J connectivity index is 2.14. The Morgan fingerprint density at radius 3 is 2.93 bits per heavy atom. The van der Waals surface area contributed by atoms with Gasteiger partial charge in [-0.3, -0.25) is 0 Å². The van der Waals surface area contributed by atoms with Gasteiger partial charge in [-0.1, -0.05) is 0 Å². The minimum absolute atomic E-state index is 0.206. The van der Waals surface area contributed by atoms with Crippen molar-refractivity contribution in [1.82, 2.24) is 15.1 Å². The van der Waals surface area contributed by atoms with Gasteiger partial charge in [0.1, 0.15) is 0 Å². The number of rotatable bonds is 3. The van der Waals surface area contributed by atoms with E-state index in [0.717, 1.165) is 0 Å². The highest BCUT2D eigenvalue weighted by molar-refractivity contribution is 7.13. The van der Waals surface area contributed by atoms with Crippen LogP contribution in [0.5, 0.6) is 0 Å². The molecule has 2 aromatic rings. The van der Waals surface area contributed by atoms with Crippen LogP contribution in [0, 0.1) is 0 Å². The number of anilines is 1. The second kappa shape index (κ2) is 3.65. The molecule has 0 spiro atoms.